The van der Waals surface area contributed by atoms with Gasteiger partial charge in [0.05, 0.1) is 10.5 Å². The number of carbonyl (C=O) groups excluding carboxylic acids is 1. The van der Waals surface area contributed by atoms with Crippen LogP contribution in [0.5, 0.6) is 0 Å². The standard InChI is InChI=1S/C23H23N7OS2/c1-14-28-29-22(32-14)16-3-4-17-13-25-23(26-19(17)11-16)27-21(31)15-5-8-24-20(12-15)33-18-6-9-30(2)10-7-18/h3-5,8,11-13,18H,6-7,9-10H2,1-2H3,(H,25,26,27,31). The first kappa shape index (κ1) is 21.9. The molecule has 168 valence electrons. The summed E-state index contributed by atoms with van der Waals surface area (Å²) in [4.78, 5) is 28.5. The molecule has 1 N–H and O–H groups in total. The summed E-state index contributed by atoms with van der Waals surface area (Å²) in [5.74, 6) is 0.0114. The van der Waals surface area contributed by atoms with E-state index in [0.717, 1.165) is 57.4 Å². The van der Waals surface area contributed by atoms with Crippen LogP contribution in [0.2, 0.25) is 0 Å². The van der Waals surface area contributed by atoms with Crippen molar-refractivity contribution in [3.05, 3.63) is 53.3 Å². The number of thioether (sulfide) groups is 1. The lowest BCUT2D eigenvalue weighted by Gasteiger charge is -2.28. The van der Waals surface area contributed by atoms with E-state index in [1.54, 1.807) is 30.2 Å². The number of anilines is 1. The lowest BCUT2D eigenvalue weighted by molar-refractivity contribution is 0.102. The largest absolute Gasteiger partial charge is 0.306 e. The molecule has 0 bridgehead atoms. The van der Waals surface area contributed by atoms with Crippen molar-refractivity contribution in [1.29, 1.82) is 0 Å². The summed E-state index contributed by atoms with van der Waals surface area (Å²) in [6.45, 7) is 4.11. The second kappa shape index (κ2) is 9.50. The van der Waals surface area contributed by atoms with Crippen molar-refractivity contribution in [3.63, 3.8) is 0 Å². The van der Waals surface area contributed by atoms with E-state index < -0.39 is 0 Å². The van der Waals surface area contributed by atoms with Crippen LogP contribution in [0.25, 0.3) is 21.5 Å². The molecule has 1 amide bonds. The van der Waals surface area contributed by atoms with Gasteiger partial charge in [-0.05, 0) is 58.1 Å². The summed E-state index contributed by atoms with van der Waals surface area (Å²) in [5.41, 5.74) is 2.22. The van der Waals surface area contributed by atoms with E-state index in [-0.39, 0.29) is 11.9 Å². The van der Waals surface area contributed by atoms with Gasteiger partial charge in [0.15, 0.2) is 0 Å². The highest BCUT2D eigenvalue weighted by Gasteiger charge is 2.19. The number of aromatic nitrogens is 5. The number of likely N-dealkylation sites (tertiary alicyclic amines) is 1. The third kappa shape index (κ3) is 5.18. The molecule has 3 aromatic heterocycles. The van der Waals surface area contributed by atoms with Gasteiger partial charge in [0.2, 0.25) is 5.95 Å². The van der Waals surface area contributed by atoms with Crippen molar-refractivity contribution in [3.8, 4) is 10.6 Å². The van der Waals surface area contributed by atoms with Gasteiger partial charge >= 0.3 is 0 Å². The minimum absolute atomic E-state index is 0.252. The molecule has 0 atom stereocenters. The van der Waals surface area contributed by atoms with Gasteiger partial charge < -0.3 is 4.90 Å². The van der Waals surface area contributed by atoms with Crippen molar-refractivity contribution >= 4 is 45.9 Å². The summed E-state index contributed by atoms with van der Waals surface area (Å²) in [6, 6.07) is 9.42. The Labute approximate surface area is 199 Å². The van der Waals surface area contributed by atoms with E-state index in [1.165, 1.54) is 11.3 Å². The predicted octanol–water partition coefficient (Wildman–Crippen LogP) is 4.29. The highest BCUT2D eigenvalue weighted by molar-refractivity contribution is 7.99. The molecule has 1 saturated heterocycles. The molecule has 0 saturated carbocycles. The first-order chi connectivity index (χ1) is 16.0. The summed E-state index contributed by atoms with van der Waals surface area (Å²) in [5, 5.41) is 15.1. The third-order valence-corrected chi connectivity index (χ3v) is 7.69. The lowest BCUT2D eigenvalue weighted by Crippen LogP contribution is -2.31. The Morgan fingerprint density at radius 1 is 1.15 bits per heavy atom. The number of hydrogen-bond donors (Lipinski definition) is 1. The van der Waals surface area contributed by atoms with E-state index in [1.807, 2.05) is 31.2 Å². The summed E-state index contributed by atoms with van der Waals surface area (Å²) < 4.78 is 0. The maximum absolute atomic E-state index is 12.9. The molecular formula is C23H23N7OS2. The first-order valence-electron chi connectivity index (χ1n) is 10.7. The zero-order chi connectivity index (χ0) is 22.8. The number of hydrogen-bond acceptors (Lipinski definition) is 9. The van der Waals surface area contributed by atoms with E-state index >= 15 is 0 Å². The maximum Gasteiger partial charge on any atom is 0.258 e. The van der Waals surface area contributed by atoms with Crippen LogP contribution in [-0.2, 0) is 0 Å². The Bertz CT molecular complexity index is 1300. The van der Waals surface area contributed by atoms with Crippen molar-refractivity contribution in [1.82, 2.24) is 30.0 Å². The fraction of sp³-hybridized carbons (Fsp3) is 0.304. The van der Waals surface area contributed by atoms with Crippen LogP contribution in [0.15, 0.2) is 47.8 Å². The Kier molecular flexibility index (Phi) is 6.30. The number of piperidine rings is 1. The van der Waals surface area contributed by atoms with E-state index in [4.69, 9.17) is 0 Å². The zero-order valence-corrected chi connectivity index (χ0v) is 20.0. The van der Waals surface area contributed by atoms with Crippen molar-refractivity contribution in [2.45, 2.75) is 30.0 Å². The van der Waals surface area contributed by atoms with Crippen molar-refractivity contribution in [2.24, 2.45) is 0 Å². The molecule has 0 aliphatic carbocycles. The average molecular weight is 478 g/mol. The minimum atomic E-state index is -0.252. The average Bonchev–Trinajstić information content (AvgIpc) is 3.26. The number of fused-ring (bicyclic) bond motifs is 1. The summed E-state index contributed by atoms with van der Waals surface area (Å²) in [6.07, 6.45) is 5.65. The molecule has 0 spiro atoms. The van der Waals surface area contributed by atoms with Crippen LogP contribution >= 0.6 is 23.1 Å². The van der Waals surface area contributed by atoms with Gasteiger partial charge in [-0.15, -0.1) is 22.0 Å². The van der Waals surface area contributed by atoms with Crippen LogP contribution in [-0.4, -0.2) is 61.3 Å². The molecule has 10 heteroatoms. The smallest absolute Gasteiger partial charge is 0.258 e. The third-order valence-electron chi connectivity index (χ3n) is 5.53. The molecule has 1 fully saturated rings. The SMILES string of the molecule is Cc1nnc(-c2ccc3cnc(NC(=O)c4ccnc(SC5CCN(C)CC5)c4)nc3c2)s1. The first-order valence-corrected chi connectivity index (χ1v) is 12.4. The number of benzene rings is 1. The number of nitrogens with zero attached hydrogens (tertiary/aromatic N) is 6. The topological polar surface area (TPSA) is 96.8 Å². The van der Waals surface area contributed by atoms with Gasteiger partial charge in [-0.2, -0.15) is 0 Å². The normalized spacial score (nSPS) is 15.1. The molecule has 4 aromatic rings. The number of rotatable bonds is 5. The molecule has 1 aromatic carbocycles. The quantitative estimate of drug-likeness (QED) is 0.455. The monoisotopic (exact) mass is 477 g/mol. The van der Waals surface area contributed by atoms with Gasteiger partial charge in [0, 0.05) is 34.2 Å². The second-order valence-corrected chi connectivity index (χ2v) is 10.6. The van der Waals surface area contributed by atoms with Crippen LogP contribution in [0.3, 0.4) is 0 Å². The molecule has 33 heavy (non-hydrogen) atoms. The van der Waals surface area contributed by atoms with Crippen LogP contribution in [0.1, 0.15) is 28.2 Å². The van der Waals surface area contributed by atoms with Gasteiger partial charge in [-0.25, -0.2) is 15.0 Å². The fourth-order valence-corrected chi connectivity index (χ4v) is 5.48. The fourth-order valence-electron chi connectivity index (χ4n) is 3.69. The van der Waals surface area contributed by atoms with Gasteiger partial charge in [0.1, 0.15) is 10.0 Å². The van der Waals surface area contributed by atoms with Gasteiger partial charge in [0.25, 0.3) is 5.91 Å². The van der Waals surface area contributed by atoms with Crippen LogP contribution < -0.4 is 5.32 Å². The highest BCUT2D eigenvalue weighted by atomic mass is 32.2. The maximum atomic E-state index is 12.9. The molecule has 1 aliphatic heterocycles. The van der Waals surface area contributed by atoms with E-state index in [0.29, 0.717) is 10.8 Å². The zero-order valence-electron chi connectivity index (χ0n) is 18.4. The Morgan fingerprint density at radius 2 is 2.00 bits per heavy atom. The molecule has 0 radical (unpaired) electrons. The highest BCUT2D eigenvalue weighted by Crippen LogP contribution is 2.29. The molecule has 1 aliphatic rings. The Balaban J connectivity index is 1.31. The van der Waals surface area contributed by atoms with Gasteiger partial charge in [-0.3, -0.25) is 10.1 Å². The van der Waals surface area contributed by atoms with Gasteiger partial charge in [-0.1, -0.05) is 23.5 Å². The van der Waals surface area contributed by atoms with Crippen molar-refractivity contribution in [2.75, 3.05) is 25.5 Å². The Hall–Kier alpha value is -2.95. The number of amides is 1. The summed E-state index contributed by atoms with van der Waals surface area (Å²) >= 11 is 3.28. The number of carbonyl (C=O) groups is 1. The van der Waals surface area contributed by atoms with Crippen LogP contribution in [0, 0.1) is 6.92 Å². The molecular weight excluding hydrogens is 454 g/mol. The number of aryl methyl sites for hydroxylation is 1. The van der Waals surface area contributed by atoms with Crippen molar-refractivity contribution < 1.29 is 4.79 Å². The summed E-state index contributed by atoms with van der Waals surface area (Å²) in [7, 11) is 2.15. The molecule has 0 unspecified atom stereocenters. The Morgan fingerprint density at radius 3 is 2.79 bits per heavy atom. The minimum Gasteiger partial charge on any atom is -0.306 e. The molecule has 5 rings (SSSR count). The second-order valence-electron chi connectivity index (χ2n) is 8.05. The number of pyridine rings is 1. The van der Waals surface area contributed by atoms with Crippen LogP contribution in [0.4, 0.5) is 5.95 Å². The van der Waals surface area contributed by atoms with E-state index in [2.05, 4.69) is 42.4 Å². The predicted molar refractivity (Wildman–Crippen MR) is 132 cm³/mol. The lowest BCUT2D eigenvalue weighted by atomic mass is 10.1. The molecule has 4 heterocycles. The number of nitrogens with one attached hydrogen (secondary N) is 1. The van der Waals surface area contributed by atoms with E-state index in [9.17, 15) is 4.79 Å². The molecule has 8 nitrogen and oxygen atoms in total.